The molecule has 2 aromatic rings. The van der Waals surface area contributed by atoms with Crippen molar-refractivity contribution in [2.75, 3.05) is 0 Å². The minimum atomic E-state index is -4.37. The maximum Gasteiger partial charge on any atom is 0.416 e. The zero-order valence-electron chi connectivity index (χ0n) is 10.8. The Kier molecular flexibility index (Phi) is 4.54. The third-order valence-electron chi connectivity index (χ3n) is 3.12. The lowest BCUT2D eigenvalue weighted by molar-refractivity contribution is -0.137. The van der Waals surface area contributed by atoms with Crippen LogP contribution >= 0.6 is 11.6 Å². The van der Waals surface area contributed by atoms with E-state index in [1.54, 1.807) is 6.07 Å². The number of nitrogens with two attached hydrogens (primary N) is 1. The van der Waals surface area contributed by atoms with E-state index in [1.807, 2.05) is 0 Å². The highest BCUT2D eigenvalue weighted by Gasteiger charge is 2.30. The van der Waals surface area contributed by atoms with Crippen molar-refractivity contribution < 1.29 is 17.6 Å². The largest absolute Gasteiger partial charge is 0.416 e. The molecule has 0 aliphatic rings. The lowest BCUT2D eigenvalue weighted by atomic mass is 9.98. The van der Waals surface area contributed by atoms with Crippen LogP contribution in [0, 0.1) is 5.82 Å². The number of hydrogen-bond donors (Lipinski definition) is 1. The molecule has 0 aliphatic carbocycles. The molecule has 1 atom stereocenters. The van der Waals surface area contributed by atoms with Crippen LogP contribution in [0.3, 0.4) is 0 Å². The number of halogens is 5. The molecule has 6 heteroatoms. The van der Waals surface area contributed by atoms with Crippen LogP contribution in [0.1, 0.15) is 22.7 Å². The predicted octanol–water partition coefficient (Wildman–Crippen LogP) is 4.74. The van der Waals surface area contributed by atoms with E-state index in [9.17, 15) is 17.6 Å². The fourth-order valence-corrected chi connectivity index (χ4v) is 2.27. The van der Waals surface area contributed by atoms with Crippen LogP contribution in [-0.4, -0.2) is 0 Å². The molecule has 0 bridgehead atoms. The van der Waals surface area contributed by atoms with Gasteiger partial charge in [0.05, 0.1) is 10.6 Å². The molecule has 0 radical (unpaired) electrons. The summed E-state index contributed by atoms with van der Waals surface area (Å²) in [6.45, 7) is 0. The molecule has 2 rings (SSSR count). The van der Waals surface area contributed by atoms with Gasteiger partial charge in [-0.3, -0.25) is 0 Å². The molecule has 1 nitrogen and oxygen atoms in total. The van der Waals surface area contributed by atoms with E-state index in [1.165, 1.54) is 24.3 Å². The lowest BCUT2D eigenvalue weighted by Gasteiger charge is -2.15. The monoisotopic (exact) mass is 317 g/mol. The van der Waals surface area contributed by atoms with Crippen LogP contribution in [0.15, 0.2) is 42.5 Å². The molecule has 112 valence electrons. The van der Waals surface area contributed by atoms with Crippen LogP contribution in [-0.2, 0) is 12.6 Å². The third-order valence-corrected chi connectivity index (χ3v) is 3.52. The molecule has 1 unspecified atom stereocenters. The van der Waals surface area contributed by atoms with Crippen LogP contribution in [0.5, 0.6) is 0 Å². The Labute approximate surface area is 124 Å². The van der Waals surface area contributed by atoms with E-state index in [2.05, 4.69) is 0 Å². The number of benzene rings is 2. The summed E-state index contributed by atoms with van der Waals surface area (Å²) in [5.74, 6) is -0.572. The van der Waals surface area contributed by atoms with Gasteiger partial charge in [0.15, 0.2) is 0 Å². The molecular weight excluding hydrogens is 306 g/mol. The van der Waals surface area contributed by atoms with E-state index in [-0.39, 0.29) is 11.4 Å². The van der Waals surface area contributed by atoms with Crippen molar-refractivity contribution in [3.05, 3.63) is 70.0 Å². The minimum Gasteiger partial charge on any atom is -0.324 e. The maximum absolute atomic E-state index is 13.3. The Morgan fingerprint density at radius 3 is 2.24 bits per heavy atom. The average Bonchev–Trinajstić information content (AvgIpc) is 2.41. The zero-order valence-corrected chi connectivity index (χ0v) is 11.5. The van der Waals surface area contributed by atoms with Gasteiger partial charge in [0.25, 0.3) is 0 Å². The fourth-order valence-electron chi connectivity index (χ4n) is 2.00. The first kappa shape index (κ1) is 15.8. The second-order valence-corrected chi connectivity index (χ2v) is 5.03. The van der Waals surface area contributed by atoms with E-state index in [4.69, 9.17) is 17.3 Å². The van der Waals surface area contributed by atoms with Crippen molar-refractivity contribution in [1.82, 2.24) is 0 Å². The predicted molar refractivity (Wildman–Crippen MR) is 73.5 cm³/mol. The summed E-state index contributed by atoms with van der Waals surface area (Å²) >= 11 is 5.84. The molecular formula is C15H12ClF4N. The zero-order chi connectivity index (χ0) is 15.6. The maximum atomic E-state index is 13.3. The Balaban J connectivity index is 2.16. The van der Waals surface area contributed by atoms with Gasteiger partial charge in [-0.05, 0) is 35.7 Å². The molecule has 0 fully saturated rings. The average molecular weight is 318 g/mol. The second-order valence-electron chi connectivity index (χ2n) is 4.65. The van der Waals surface area contributed by atoms with Gasteiger partial charge in [0.2, 0.25) is 0 Å². The first-order valence-electron chi connectivity index (χ1n) is 6.14. The molecule has 0 aromatic heterocycles. The summed E-state index contributed by atoms with van der Waals surface area (Å²) in [7, 11) is 0. The standard InChI is InChI=1S/C15H12ClF4N/c16-14-11(2-1-3-12(14)17)13(21)8-9-4-6-10(7-5-9)15(18,19)20/h1-7,13H,8,21H2. The second kappa shape index (κ2) is 6.03. The Morgan fingerprint density at radius 1 is 1.05 bits per heavy atom. The number of alkyl halides is 3. The molecule has 2 N–H and O–H groups in total. The van der Waals surface area contributed by atoms with Gasteiger partial charge in [-0.15, -0.1) is 0 Å². The summed E-state index contributed by atoms with van der Waals surface area (Å²) in [5, 5.41) is -0.0584. The van der Waals surface area contributed by atoms with Gasteiger partial charge >= 0.3 is 6.18 Å². The van der Waals surface area contributed by atoms with Crippen molar-refractivity contribution in [3.63, 3.8) is 0 Å². The molecule has 2 aromatic carbocycles. The van der Waals surface area contributed by atoms with Gasteiger partial charge in [0, 0.05) is 6.04 Å². The van der Waals surface area contributed by atoms with Gasteiger partial charge in [-0.25, -0.2) is 4.39 Å². The topological polar surface area (TPSA) is 26.0 Å². The minimum absolute atomic E-state index is 0.0584. The lowest BCUT2D eigenvalue weighted by Crippen LogP contribution is -2.14. The van der Waals surface area contributed by atoms with E-state index >= 15 is 0 Å². The van der Waals surface area contributed by atoms with Gasteiger partial charge in [-0.2, -0.15) is 13.2 Å². The van der Waals surface area contributed by atoms with Crippen molar-refractivity contribution in [2.24, 2.45) is 5.73 Å². The third kappa shape index (κ3) is 3.74. The highest BCUT2D eigenvalue weighted by molar-refractivity contribution is 6.31. The first-order chi connectivity index (χ1) is 9.79. The highest BCUT2D eigenvalue weighted by atomic mass is 35.5. The van der Waals surface area contributed by atoms with Crippen molar-refractivity contribution in [1.29, 1.82) is 0 Å². The molecule has 0 amide bonds. The number of rotatable bonds is 3. The highest BCUT2D eigenvalue weighted by Crippen LogP contribution is 2.30. The van der Waals surface area contributed by atoms with Crippen molar-refractivity contribution in [2.45, 2.75) is 18.6 Å². The van der Waals surface area contributed by atoms with E-state index in [0.29, 0.717) is 11.1 Å². The van der Waals surface area contributed by atoms with E-state index in [0.717, 1.165) is 12.1 Å². The summed E-state index contributed by atoms with van der Waals surface area (Å²) in [5.41, 5.74) is 6.28. The van der Waals surface area contributed by atoms with Crippen LogP contribution in [0.25, 0.3) is 0 Å². The first-order valence-corrected chi connectivity index (χ1v) is 6.52. The van der Waals surface area contributed by atoms with E-state index < -0.39 is 23.6 Å². The van der Waals surface area contributed by atoms with Crippen molar-refractivity contribution in [3.8, 4) is 0 Å². The summed E-state index contributed by atoms with van der Waals surface area (Å²) < 4.78 is 50.7. The van der Waals surface area contributed by atoms with Crippen LogP contribution in [0.4, 0.5) is 17.6 Å². The van der Waals surface area contributed by atoms with Gasteiger partial charge in [0.1, 0.15) is 5.82 Å². The smallest absolute Gasteiger partial charge is 0.324 e. The van der Waals surface area contributed by atoms with Crippen LogP contribution in [0.2, 0.25) is 5.02 Å². The molecule has 21 heavy (non-hydrogen) atoms. The Morgan fingerprint density at radius 2 is 1.67 bits per heavy atom. The summed E-state index contributed by atoms with van der Waals surface area (Å²) in [4.78, 5) is 0. The molecule has 0 spiro atoms. The Hall–Kier alpha value is -1.59. The quantitative estimate of drug-likeness (QED) is 0.813. The Bertz CT molecular complexity index is 623. The van der Waals surface area contributed by atoms with Crippen molar-refractivity contribution >= 4 is 11.6 Å². The SMILES string of the molecule is NC(Cc1ccc(C(F)(F)F)cc1)c1cccc(F)c1Cl. The molecule has 0 aliphatic heterocycles. The summed E-state index contributed by atoms with van der Waals surface area (Å²) in [6.07, 6.45) is -4.10. The number of hydrogen-bond acceptors (Lipinski definition) is 1. The molecule has 0 saturated heterocycles. The molecule has 0 saturated carbocycles. The molecule has 0 heterocycles. The normalized spacial score (nSPS) is 13.2. The summed E-state index contributed by atoms with van der Waals surface area (Å²) in [6, 6.07) is 8.42. The fraction of sp³-hybridized carbons (Fsp3) is 0.200. The van der Waals surface area contributed by atoms with Gasteiger partial charge < -0.3 is 5.73 Å². The van der Waals surface area contributed by atoms with Gasteiger partial charge in [-0.1, -0.05) is 35.9 Å². The van der Waals surface area contributed by atoms with Crippen LogP contribution < -0.4 is 5.73 Å².